The quantitative estimate of drug-likeness (QED) is 0.206. The summed E-state index contributed by atoms with van der Waals surface area (Å²) in [7, 11) is 0. The molecule has 2 heterocycles. The van der Waals surface area contributed by atoms with Crippen LogP contribution in [-0.2, 0) is 0 Å². The monoisotopic (exact) mass is 544 g/mol. The molecule has 8 rings (SSSR count). The molecule has 0 spiro atoms. The van der Waals surface area contributed by atoms with E-state index in [4.69, 9.17) is 9.40 Å². The lowest BCUT2D eigenvalue weighted by atomic mass is 9.92. The Bertz CT molecular complexity index is 2290. The maximum absolute atomic E-state index is 6.75. The van der Waals surface area contributed by atoms with Crippen LogP contribution in [-0.4, -0.2) is 9.55 Å². The highest BCUT2D eigenvalue weighted by Gasteiger charge is 2.24. The number of benzene rings is 6. The summed E-state index contributed by atoms with van der Waals surface area (Å²) in [6, 6.07) is 39.1. The second-order valence-electron chi connectivity index (χ2n) is 12.0. The van der Waals surface area contributed by atoms with Crippen LogP contribution >= 0.6 is 0 Å². The van der Waals surface area contributed by atoms with E-state index in [9.17, 15) is 0 Å². The fourth-order valence-electron chi connectivity index (χ4n) is 6.76. The number of para-hydroxylation sites is 4. The van der Waals surface area contributed by atoms with Gasteiger partial charge >= 0.3 is 0 Å². The summed E-state index contributed by atoms with van der Waals surface area (Å²) in [4.78, 5) is 5.29. The molecular formula is C39H32N2O. The second-order valence-corrected chi connectivity index (χ2v) is 12.0. The molecule has 0 amide bonds. The van der Waals surface area contributed by atoms with Crippen LogP contribution in [0.4, 0.5) is 0 Å². The third-order valence-electron chi connectivity index (χ3n) is 8.75. The van der Waals surface area contributed by atoms with Gasteiger partial charge in [-0.25, -0.2) is 4.98 Å². The zero-order valence-electron chi connectivity index (χ0n) is 24.3. The Morgan fingerprint density at radius 1 is 0.595 bits per heavy atom. The third kappa shape index (κ3) is 3.56. The number of furan rings is 1. The molecule has 2 aromatic heterocycles. The summed E-state index contributed by atoms with van der Waals surface area (Å²) in [5.74, 6) is 1.62. The topological polar surface area (TPSA) is 31.0 Å². The summed E-state index contributed by atoms with van der Waals surface area (Å²) < 4.78 is 9.13. The van der Waals surface area contributed by atoms with Crippen molar-refractivity contribution in [2.75, 3.05) is 0 Å². The molecule has 0 aliphatic carbocycles. The molecule has 42 heavy (non-hydrogen) atoms. The molecule has 8 aromatic rings. The number of hydrogen-bond acceptors (Lipinski definition) is 2. The molecule has 0 aliphatic rings. The van der Waals surface area contributed by atoms with Crippen molar-refractivity contribution in [3.8, 4) is 17.1 Å². The van der Waals surface area contributed by atoms with E-state index in [1.807, 2.05) is 0 Å². The molecule has 0 saturated carbocycles. The number of rotatable bonds is 4. The van der Waals surface area contributed by atoms with Crippen molar-refractivity contribution < 1.29 is 4.42 Å². The van der Waals surface area contributed by atoms with Gasteiger partial charge in [0.1, 0.15) is 17.0 Å². The van der Waals surface area contributed by atoms with Crippen LogP contribution in [0.25, 0.3) is 71.6 Å². The first-order valence-corrected chi connectivity index (χ1v) is 14.9. The van der Waals surface area contributed by atoms with E-state index >= 15 is 0 Å². The van der Waals surface area contributed by atoms with Gasteiger partial charge in [0.2, 0.25) is 0 Å². The minimum Gasteiger partial charge on any atom is -0.455 e. The van der Waals surface area contributed by atoms with Crippen molar-refractivity contribution in [1.82, 2.24) is 9.55 Å². The molecule has 0 bridgehead atoms. The Hall–Kier alpha value is -4.89. The number of aromatic nitrogens is 2. The van der Waals surface area contributed by atoms with Crippen molar-refractivity contribution in [3.05, 3.63) is 120 Å². The number of fused-ring (bicyclic) bond motifs is 8. The largest absolute Gasteiger partial charge is 0.455 e. The molecule has 0 aliphatic heterocycles. The summed E-state index contributed by atoms with van der Waals surface area (Å²) in [6.07, 6.45) is 0. The van der Waals surface area contributed by atoms with Gasteiger partial charge in [-0.05, 0) is 68.8 Å². The molecule has 0 fully saturated rings. The first-order chi connectivity index (χ1) is 20.5. The van der Waals surface area contributed by atoms with Crippen LogP contribution in [0, 0.1) is 0 Å². The first-order valence-electron chi connectivity index (χ1n) is 14.9. The van der Waals surface area contributed by atoms with Gasteiger partial charge in [-0.2, -0.15) is 0 Å². The van der Waals surface area contributed by atoms with E-state index in [0.29, 0.717) is 11.8 Å². The van der Waals surface area contributed by atoms with E-state index in [1.165, 1.54) is 38.4 Å². The molecule has 0 N–H and O–H groups in total. The normalized spacial score (nSPS) is 12.2. The maximum atomic E-state index is 6.75. The average molecular weight is 545 g/mol. The molecule has 0 radical (unpaired) electrons. The molecule has 6 aromatic carbocycles. The molecule has 204 valence electrons. The zero-order chi connectivity index (χ0) is 28.5. The predicted molar refractivity (Wildman–Crippen MR) is 177 cm³/mol. The lowest BCUT2D eigenvalue weighted by molar-refractivity contribution is 0.669. The lowest BCUT2D eigenvalue weighted by Crippen LogP contribution is -2.08. The fourth-order valence-corrected chi connectivity index (χ4v) is 6.76. The summed E-state index contributed by atoms with van der Waals surface area (Å²) in [5, 5.41) is 7.23. The number of imidazole rings is 1. The van der Waals surface area contributed by atoms with Crippen molar-refractivity contribution in [2.24, 2.45) is 0 Å². The molecule has 0 unspecified atom stereocenters. The molecule has 0 atom stereocenters. The van der Waals surface area contributed by atoms with E-state index in [0.717, 1.165) is 44.4 Å². The SMILES string of the molecule is CC(C)c1cccc(C(C)C)c1-n1c(-c2cccc3c2oc2ccc4c5ccccc5ccc4c23)nc2ccccc21. The highest BCUT2D eigenvalue weighted by Crippen LogP contribution is 2.43. The minimum absolute atomic E-state index is 0.357. The number of hydrogen-bond donors (Lipinski definition) is 0. The molecule has 3 nitrogen and oxygen atoms in total. The van der Waals surface area contributed by atoms with Crippen LogP contribution < -0.4 is 0 Å². The van der Waals surface area contributed by atoms with Gasteiger partial charge < -0.3 is 4.42 Å². The molecule has 3 heteroatoms. The van der Waals surface area contributed by atoms with Gasteiger partial charge in [0.25, 0.3) is 0 Å². The fraction of sp³-hybridized carbons (Fsp3) is 0.154. The van der Waals surface area contributed by atoms with Crippen molar-refractivity contribution in [1.29, 1.82) is 0 Å². The van der Waals surface area contributed by atoms with Gasteiger partial charge in [0.15, 0.2) is 0 Å². The minimum atomic E-state index is 0.357. The molecule has 0 saturated heterocycles. The average Bonchev–Trinajstić information content (AvgIpc) is 3.59. The van der Waals surface area contributed by atoms with Crippen molar-refractivity contribution >= 4 is 54.5 Å². The lowest BCUT2D eigenvalue weighted by Gasteiger charge is -2.22. The Morgan fingerprint density at radius 2 is 1.29 bits per heavy atom. The van der Waals surface area contributed by atoms with Gasteiger partial charge in [-0.3, -0.25) is 4.57 Å². The van der Waals surface area contributed by atoms with Gasteiger partial charge in [0, 0.05) is 10.8 Å². The first kappa shape index (κ1) is 24.9. The van der Waals surface area contributed by atoms with Gasteiger partial charge in [0.05, 0.1) is 22.3 Å². The van der Waals surface area contributed by atoms with Crippen LogP contribution in [0.5, 0.6) is 0 Å². The van der Waals surface area contributed by atoms with E-state index in [-0.39, 0.29) is 0 Å². The summed E-state index contributed by atoms with van der Waals surface area (Å²) >= 11 is 0. The highest BCUT2D eigenvalue weighted by molar-refractivity contribution is 6.24. The predicted octanol–water partition coefficient (Wildman–Crippen LogP) is 11.1. The molecular weight excluding hydrogens is 512 g/mol. The van der Waals surface area contributed by atoms with Crippen LogP contribution in [0.15, 0.2) is 114 Å². The Morgan fingerprint density at radius 3 is 2.10 bits per heavy atom. The van der Waals surface area contributed by atoms with Gasteiger partial charge in [-0.1, -0.05) is 113 Å². The Balaban J connectivity index is 1.49. The Kier molecular flexibility index (Phi) is 5.52. The van der Waals surface area contributed by atoms with E-state index in [1.54, 1.807) is 0 Å². The van der Waals surface area contributed by atoms with E-state index in [2.05, 4.69) is 141 Å². The standard InChI is InChI=1S/C39H32N2O/c1-23(2)26-13-9-14-27(24(3)4)37(26)41-34-18-8-7-17-33(34)40-39(41)32-16-10-15-31-36-30-20-19-25-11-5-6-12-28(25)29(30)21-22-35(36)42-38(31)32/h5-24H,1-4H3. The Labute approximate surface area is 245 Å². The van der Waals surface area contributed by atoms with E-state index < -0.39 is 0 Å². The summed E-state index contributed by atoms with van der Waals surface area (Å²) in [6.45, 7) is 9.10. The van der Waals surface area contributed by atoms with Crippen molar-refractivity contribution in [3.63, 3.8) is 0 Å². The zero-order valence-corrected chi connectivity index (χ0v) is 24.3. The maximum Gasteiger partial charge on any atom is 0.149 e. The third-order valence-corrected chi connectivity index (χ3v) is 8.75. The van der Waals surface area contributed by atoms with Crippen LogP contribution in [0.1, 0.15) is 50.7 Å². The van der Waals surface area contributed by atoms with Crippen LogP contribution in [0.3, 0.4) is 0 Å². The summed E-state index contributed by atoms with van der Waals surface area (Å²) in [5.41, 5.74) is 8.73. The van der Waals surface area contributed by atoms with Crippen LogP contribution in [0.2, 0.25) is 0 Å². The smallest absolute Gasteiger partial charge is 0.149 e. The van der Waals surface area contributed by atoms with Crippen molar-refractivity contribution in [2.45, 2.75) is 39.5 Å². The highest BCUT2D eigenvalue weighted by atomic mass is 16.3. The number of nitrogens with zero attached hydrogens (tertiary/aromatic N) is 2. The van der Waals surface area contributed by atoms with Gasteiger partial charge in [-0.15, -0.1) is 0 Å². The second kappa shape index (κ2) is 9.32.